The van der Waals surface area contributed by atoms with E-state index >= 15 is 0 Å². The van der Waals surface area contributed by atoms with Crippen molar-refractivity contribution >= 4 is 5.96 Å². The molecule has 0 saturated heterocycles. The van der Waals surface area contributed by atoms with Gasteiger partial charge in [0.25, 0.3) is 0 Å². The number of guanidine groups is 1. The van der Waals surface area contributed by atoms with E-state index in [9.17, 15) is 0 Å². The molecule has 0 unspecified atom stereocenters. The zero-order valence-corrected chi connectivity index (χ0v) is 16.5. The Bertz CT molecular complexity index is 741. The van der Waals surface area contributed by atoms with Crippen LogP contribution in [0.15, 0.2) is 47.5 Å². The van der Waals surface area contributed by atoms with E-state index in [0.29, 0.717) is 6.54 Å². The molecule has 0 amide bonds. The Morgan fingerprint density at radius 2 is 1.77 bits per heavy atom. The zero-order chi connectivity index (χ0) is 18.9. The molecular weight excluding hydrogens is 324 g/mol. The van der Waals surface area contributed by atoms with Crippen LogP contribution in [0.25, 0.3) is 0 Å². The first-order valence-electron chi connectivity index (χ1n) is 8.82. The second kappa shape index (κ2) is 9.82. The summed E-state index contributed by atoms with van der Waals surface area (Å²) in [6.45, 7) is 4.38. The molecule has 0 atom stereocenters. The van der Waals surface area contributed by atoms with Crippen molar-refractivity contribution in [3.63, 3.8) is 0 Å². The number of hydrogen-bond donors (Lipinski definition) is 2. The summed E-state index contributed by atoms with van der Waals surface area (Å²) in [6.07, 6.45) is 0. The predicted octanol–water partition coefficient (Wildman–Crippen LogP) is 2.93. The van der Waals surface area contributed by atoms with Crippen molar-refractivity contribution in [3.05, 3.63) is 64.7 Å². The van der Waals surface area contributed by atoms with Gasteiger partial charge in [-0.15, -0.1) is 0 Å². The van der Waals surface area contributed by atoms with Crippen LogP contribution in [0.5, 0.6) is 5.75 Å². The Hall–Kier alpha value is -2.53. The molecule has 5 heteroatoms. The van der Waals surface area contributed by atoms with Gasteiger partial charge in [0, 0.05) is 32.2 Å². The minimum Gasteiger partial charge on any atom is -0.496 e. The lowest BCUT2D eigenvalue weighted by Crippen LogP contribution is -2.36. The molecule has 0 bridgehead atoms. The molecule has 0 spiro atoms. The molecular formula is C21H30N4O. The molecule has 2 rings (SSSR count). The van der Waals surface area contributed by atoms with E-state index in [2.05, 4.69) is 77.9 Å². The van der Waals surface area contributed by atoms with E-state index in [1.807, 2.05) is 6.07 Å². The van der Waals surface area contributed by atoms with Gasteiger partial charge in [-0.25, -0.2) is 0 Å². The summed E-state index contributed by atoms with van der Waals surface area (Å²) in [7, 11) is 7.64. The third-order valence-electron chi connectivity index (χ3n) is 4.06. The fraction of sp³-hybridized carbons (Fsp3) is 0.381. The summed E-state index contributed by atoms with van der Waals surface area (Å²) in [5, 5.41) is 6.72. The maximum atomic E-state index is 5.46. The first kappa shape index (κ1) is 19.8. The molecule has 140 valence electrons. The fourth-order valence-corrected chi connectivity index (χ4v) is 2.79. The highest BCUT2D eigenvalue weighted by Gasteiger charge is 2.05. The Morgan fingerprint density at radius 3 is 2.46 bits per heavy atom. The summed E-state index contributed by atoms with van der Waals surface area (Å²) < 4.78 is 5.46. The van der Waals surface area contributed by atoms with Crippen LogP contribution in [0.4, 0.5) is 0 Å². The molecule has 2 aromatic carbocycles. The number of aryl methyl sites for hydroxylation is 1. The van der Waals surface area contributed by atoms with Crippen LogP contribution < -0.4 is 15.4 Å². The highest BCUT2D eigenvalue weighted by atomic mass is 16.5. The number of hydrogen-bond acceptors (Lipinski definition) is 3. The van der Waals surface area contributed by atoms with Gasteiger partial charge >= 0.3 is 0 Å². The quantitative estimate of drug-likeness (QED) is 0.593. The molecule has 0 radical (unpaired) electrons. The van der Waals surface area contributed by atoms with Gasteiger partial charge in [0.2, 0.25) is 0 Å². The van der Waals surface area contributed by atoms with E-state index < -0.39 is 0 Å². The normalized spacial score (nSPS) is 11.5. The van der Waals surface area contributed by atoms with Crippen molar-refractivity contribution in [2.24, 2.45) is 4.99 Å². The second-order valence-electron chi connectivity index (χ2n) is 6.65. The first-order valence-corrected chi connectivity index (χ1v) is 8.82. The monoisotopic (exact) mass is 354 g/mol. The van der Waals surface area contributed by atoms with Gasteiger partial charge in [0.05, 0.1) is 7.11 Å². The highest BCUT2D eigenvalue weighted by molar-refractivity contribution is 5.79. The van der Waals surface area contributed by atoms with Gasteiger partial charge in [-0.2, -0.15) is 0 Å². The largest absolute Gasteiger partial charge is 0.496 e. The van der Waals surface area contributed by atoms with Crippen LogP contribution in [0.1, 0.15) is 22.3 Å². The zero-order valence-electron chi connectivity index (χ0n) is 16.5. The van der Waals surface area contributed by atoms with Crippen LogP contribution in [-0.2, 0) is 19.6 Å². The number of rotatable bonds is 7. The molecule has 0 saturated carbocycles. The molecule has 0 aliphatic carbocycles. The number of methoxy groups -OCH3 is 1. The molecule has 0 aliphatic rings. The number of benzene rings is 2. The molecule has 26 heavy (non-hydrogen) atoms. The fourth-order valence-electron chi connectivity index (χ4n) is 2.79. The summed E-state index contributed by atoms with van der Waals surface area (Å²) in [6, 6.07) is 14.8. The molecule has 0 fully saturated rings. The summed E-state index contributed by atoms with van der Waals surface area (Å²) in [5.41, 5.74) is 4.83. The molecule has 0 aromatic heterocycles. The van der Waals surface area contributed by atoms with E-state index in [4.69, 9.17) is 4.74 Å². The maximum Gasteiger partial charge on any atom is 0.191 e. The van der Waals surface area contributed by atoms with Crippen molar-refractivity contribution < 1.29 is 4.74 Å². The predicted molar refractivity (Wildman–Crippen MR) is 109 cm³/mol. The molecule has 0 heterocycles. The number of nitrogens with zero attached hydrogens (tertiary/aromatic N) is 2. The average molecular weight is 354 g/mol. The summed E-state index contributed by atoms with van der Waals surface area (Å²) >= 11 is 0. The molecule has 0 aliphatic heterocycles. The maximum absolute atomic E-state index is 5.46. The van der Waals surface area contributed by atoms with Gasteiger partial charge in [-0.05, 0) is 43.8 Å². The summed E-state index contributed by atoms with van der Waals surface area (Å²) in [4.78, 5) is 6.48. The molecule has 2 aromatic rings. The van der Waals surface area contributed by atoms with Gasteiger partial charge < -0.3 is 20.3 Å². The van der Waals surface area contributed by atoms with Gasteiger partial charge in [-0.1, -0.05) is 36.4 Å². The van der Waals surface area contributed by atoms with Crippen LogP contribution in [0.2, 0.25) is 0 Å². The Morgan fingerprint density at radius 1 is 1.04 bits per heavy atom. The van der Waals surface area contributed by atoms with E-state index in [-0.39, 0.29) is 0 Å². The van der Waals surface area contributed by atoms with Crippen molar-refractivity contribution in [2.45, 2.75) is 26.6 Å². The van der Waals surface area contributed by atoms with Crippen molar-refractivity contribution in [1.29, 1.82) is 0 Å². The SMILES string of the molecule is CN=C(NCc1cccc(CN(C)C)c1)NCc1ccc(C)cc1OC. The standard InChI is InChI=1S/C21H30N4O/c1-16-9-10-19(20(11-16)26-5)14-24-21(22-2)23-13-17-7-6-8-18(12-17)15-25(3)4/h6-12H,13-15H2,1-5H3,(H2,22,23,24). The third-order valence-corrected chi connectivity index (χ3v) is 4.06. The summed E-state index contributed by atoms with van der Waals surface area (Å²) in [5.74, 6) is 1.66. The van der Waals surface area contributed by atoms with Gasteiger partial charge in [-0.3, -0.25) is 4.99 Å². The number of ether oxygens (including phenoxy) is 1. The lowest BCUT2D eigenvalue weighted by molar-refractivity contribution is 0.402. The minimum atomic E-state index is 0.657. The smallest absolute Gasteiger partial charge is 0.191 e. The third kappa shape index (κ3) is 6.08. The van der Waals surface area contributed by atoms with Crippen LogP contribution in [-0.4, -0.2) is 39.1 Å². The van der Waals surface area contributed by atoms with E-state index in [0.717, 1.165) is 30.4 Å². The lowest BCUT2D eigenvalue weighted by Gasteiger charge is -2.15. The average Bonchev–Trinajstić information content (AvgIpc) is 2.62. The Kier molecular flexibility index (Phi) is 7.48. The highest BCUT2D eigenvalue weighted by Crippen LogP contribution is 2.19. The Balaban J connectivity index is 1.92. The van der Waals surface area contributed by atoms with E-state index in [1.165, 1.54) is 16.7 Å². The molecule has 5 nitrogen and oxygen atoms in total. The van der Waals surface area contributed by atoms with Crippen LogP contribution in [0, 0.1) is 6.92 Å². The van der Waals surface area contributed by atoms with Crippen molar-refractivity contribution in [1.82, 2.24) is 15.5 Å². The van der Waals surface area contributed by atoms with Gasteiger partial charge in [0.1, 0.15) is 5.75 Å². The van der Waals surface area contributed by atoms with Crippen molar-refractivity contribution in [2.75, 3.05) is 28.3 Å². The van der Waals surface area contributed by atoms with E-state index in [1.54, 1.807) is 14.2 Å². The van der Waals surface area contributed by atoms with Crippen LogP contribution in [0.3, 0.4) is 0 Å². The number of aliphatic imine (C=N–C) groups is 1. The van der Waals surface area contributed by atoms with Crippen LogP contribution >= 0.6 is 0 Å². The first-order chi connectivity index (χ1) is 12.5. The number of nitrogens with one attached hydrogen (secondary N) is 2. The lowest BCUT2D eigenvalue weighted by atomic mass is 10.1. The van der Waals surface area contributed by atoms with Crippen molar-refractivity contribution in [3.8, 4) is 5.75 Å². The Labute approximate surface area is 157 Å². The second-order valence-corrected chi connectivity index (χ2v) is 6.65. The topological polar surface area (TPSA) is 48.9 Å². The minimum absolute atomic E-state index is 0.657. The van der Waals surface area contributed by atoms with Gasteiger partial charge in [0.15, 0.2) is 5.96 Å². The molecule has 2 N–H and O–H groups in total.